The molecule has 2 aliphatic heterocycles. The quantitative estimate of drug-likeness (QED) is 0.671. The van der Waals surface area contributed by atoms with Crippen molar-refractivity contribution in [3.05, 3.63) is 66.7 Å². The van der Waals surface area contributed by atoms with E-state index in [2.05, 4.69) is 20.4 Å². The van der Waals surface area contributed by atoms with Crippen LogP contribution in [-0.4, -0.2) is 41.6 Å². The Labute approximate surface area is 187 Å². The molecule has 0 radical (unpaired) electrons. The summed E-state index contributed by atoms with van der Waals surface area (Å²) in [6.45, 7) is 2.44. The number of para-hydroxylation sites is 1. The highest BCUT2D eigenvalue weighted by Gasteiger charge is 2.35. The number of anilines is 3. The van der Waals surface area contributed by atoms with Crippen LogP contribution in [0.3, 0.4) is 0 Å². The highest BCUT2D eigenvalue weighted by molar-refractivity contribution is 6.03. The number of nitrogens with one attached hydrogen (secondary N) is 1. The van der Waals surface area contributed by atoms with Gasteiger partial charge in [0.25, 0.3) is 0 Å². The molecule has 1 unspecified atom stereocenters. The lowest BCUT2D eigenvalue weighted by molar-refractivity contribution is -0.122. The zero-order valence-corrected chi connectivity index (χ0v) is 17.8. The van der Waals surface area contributed by atoms with Crippen LogP contribution in [0.1, 0.15) is 19.3 Å². The molecule has 1 aromatic heterocycles. The van der Waals surface area contributed by atoms with E-state index in [-0.39, 0.29) is 24.2 Å². The molecule has 2 aliphatic rings. The minimum Gasteiger partial charge on any atom is -0.355 e. The van der Waals surface area contributed by atoms with Crippen molar-refractivity contribution < 1.29 is 9.59 Å². The average molecular weight is 428 g/mol. The highest BCUT2D eigenvalue weighted by Crippen LogP contribution is 2.27. The number of hydrogen-bond acceptors (Lipinski definition) is 5. The summed E-state index contributed by atoms with van der Waals surface area (Å²) in [6, 6.07) is 21.0. The number of benzene rings is 2. The second kappa shape index (κ2) is 8.78. The first kappa shape index (κ1) is 20.2. The monoisotopic (exact) mass is 427 g/mol. The average Bonchev–Trinajstić information content (AvgIpc) is 3.50. The third-order valence-corrected chi connectivity index (χ3v) is 6.07. The van der Waals surface area contributed by atoms with Gasteiger partial charge in [0, 0.05) is 43.0 Å². The van der Waals surface area contributed by atoms with Crippen molar-refractivity contribution in [3.8, 4) is 11.3 Å². The molecular weight excluding hydrogens is 402 g/mol. The maximum absolute atomic E-state index is 12.9. The van der Waals surface area contributed by atoms with Crippen molar-refractivity contribution in [1.29, 1.82) is 0 Å². The Kier molecular flexibility index (Phi) is 5.54. The van der Waals surface area contributed by atoms with Crippen LogP contribution >= 0.6 is 0 Å². The molecule has 2 amide bonds. The van der Waals surface area contributed by atoms with Crippen LogP contribution in [0.2, 0.25) is 0 Å². The lowest BCUT2D eigenvalue weighted by Crippen LogP contribution is -2.28. The molecule has 7 nitrogen and oxygen atoms in total. The fraction of sp³-hybridized carbons (Fsp3) is 0.280. The van der Waals surface area contributed by atoms with Gasteiger partial charge < -0.3 is 15.1 Å². The summed E-state index contributed by atoms with van der Waals surface area (Å²) in [4.78, 5) is 29.2. The van der Waals surface area contributed by atoms with Gasteiger partial charge >= 0.3 is 0 Å². The number of amides is 2. The van der Waals surface area contributed by atoms with E-state index in [4.69, 9.17) is 0 Å². The number of rotatable bonds is 5. The van der Waals surface area contributed by atoms with Crippen molar-refractivity contribution in [3.63, 3.8) is 0 Å². The maximum Gasteiger partial charge on any atom is 0.229 e. The third-order valence-electron chi connectivity index (χ3n) is 6.07. The van der Waals surface area contributed by atoms with E-state index in [1.807, 2.05) is 66.7 Å². The molecule has 2 fully saturated rings. The van der Waals surface area contributed by atoms with Gasteiger partial charge in [-0.15, -0.1) is 10.2 Å². The summed E-state index contributed by atoms with van der Waals surface area (Å²) in [5, 5.41) is 11.7. The minimum atomic E-state index is -0.383. The van der Waals surface area contributed by atoms with Gasteiger partial charge in [-0.05, 0) is 49.2 Å². The highest BCUT2D eigenvalue weighted by atomic mass is 16.2. The largest absolute Gasteiger partial charge is 0.355 e. The van der Waals surface area contributed by atoms with E-state index in [1.54, 1.807) is 4.90 Å². The predicted molar refractivity (Wildman–Crippen MR) is 124 cm³/mol. The number of carbonyl (C=O) groups is 2. The summed E-state index contributed by atoms with van der Waals surface area (Å²) in [5.41, 5.74) is 3.15. The van der Waals surface area contributed by atoms with E-state index in [1.165, 1.54) is 12.8 Å². The van der Waals surface area contributed by atoms with Crippen molar-refractivity contribution in [1.82, 2.24) is 10.2 Å². The minimum absolute atomic E-state index is 0.0292. The number of aromatic nitrogens is 2. The molecule has 0 bridgehead atoms. The number of nitrogens with zero attached hydrogens (tertiary/aromatic N) is 4. The molecule has 1 atom stereocenters. The zero-order chi connectivity index (χ0) is 21.9. The molecule has 3 aromatic rings. The van der Waals surface area contributed by atoms with E-state index >= 15 is 0 Å². The van der Waals surface area contributed by atoms with Crippen LogP contribution in [0, 0.1) is 5.92 Å². The first-order chi connectivity index (χ1) is 15.7. The van der Waals surface area contributed by atoms with Gasteiger partial charge in [0.05, 0.1) is 11.6 Å². The van der Waals surface area contributed by atoms with Crippen LogP contribution in [0.25, 0.3) is 11.3 Å². The van der Waals surface area contributed by atoms with Crippen LogP contribution in [0.4, 0.5) is 17.2 Å². The van der Waals surface area contributed by atoms with Crippen molar-refractivity contribution in [2.75, 3.05) is 34.8 Å². The molecule has 2 saturated heterocycles. The second-order valence-corrected chi connectivity index (χ2v) is 8.28. The molecule has 0 spiro atoms. The molecule has 162 valence electrons. The molecule has 0 aliphatic carbocycles. The second-order valence-electron chi connectivity index (χ2n) is 8.28. The summed E-state index contributed by atoms with van der Waals surface area (Å²) in [6.07, 6.45) is 2.60. The molecular formula is C25H25N5O2. The smallest absolute Gasteiger partial charge is 0.229 e. The Morgan fingerprint density at radius 1 is 0.938 bits per heavy atom. The van der Waals surface area contributed by atoms with E-state index in [0.717, 1.165) is 35.9 Å². The molecule has 5 rings (SSSR count). The van der Waals surface area contributed by atoms with Gasteiger partial charge in [0.15, 0.2) is 5.82 Å². The van der Waals surface area contributed by atoms with E-state index < -0.39 is 0 Å². The normalized spacial score (nSPS) is 18.2. The Balaban J connectivity index is 1.26. The van der Waals surface area contributed by atoms with Gasteiger partial charge in [-0.25, -0.2) is 0 Å². The third kappa shape index (κ3) is 4.19. The molecule has 1 N–H and O–H groups in total. The lowest BCUT2D eigenvalue weighted by Gasteiger charge is -2.16. The summed E-state index contributed by atoms with van der Waals surface area (Å²) in [7, 11) is 0. The Bertz CT molecular complexity index is 1110. The standard InChI is InChI=1S/C25H25N5O2/c31-24-16-19(17-30(24)21-9-2-1-3-10-21)25(32)26-20-8-6-7-18(15-20)22-11-12-23(28-27-22)29-13-4-5-14-29/h1-3,6-12,15,19H,4-5,13-14,16-17H2,(H,26,32). The van der Waals surface area contributed by atoms with Gasteiger partial charge in [-0.3, -0.25) is 9.59 Å². The first-order valence-electron chi connectivity index (χ1n) is 11.0. The molecule has 0 saturated carbocycles. The van der Waals surface area contributed by atoms with Crippen molar-refractivity contribution in [2.24, 2.45) is 5.92 Å². The molecule has 3 heterocycles. The van der Waals surface area contributed by atoms with Crippen LogP contribution in [0.5, 0.6) is 0 Å². The van der Waals surface area contributed by atoms with Gasteiger partial charge in [0.1, 0.15) is 0 Å². The van der Waals surface area contributed by atoms with E-state index in [0.29, 0.717) is 12.2 Å². The van der Waals surface area contributed by atoms with Crippen LogP contribution in [0.15, 0.2) is 66.7 Å². The Hall–Kier alpha value is -3.74. The lowest BCUT2D eigenvalue weighted by atomic mass is 10.1. The topological polar surface area (TPSA) is 78.4 Å². The van der Waals surface area contributed by atoms with Crippen molar-refractivity contribution >= 4 is 29.0 Å². The van der Waals surface area contributed by atoms with Gasteiger partial charge in [0.2, 0.25) is 11.8 Å². The summed E-state index contributed by atoms with van der Waals surface area (Å²) >= 11 is 0. The number of hydrogen-bond donors (Lipinski definition) is 1. The molecule has 7 heteroatoms. The summed E-state index contributed by atoms with van der Waals surface area (Å²) in [5.74, 6) is 0.346. The van der Waals surface area contributed by atoms with Gasteiger partial charge in [-0.1, -0.05) is 30.3 Å². The van der Waals surface area contributed by atoms with Gasteiger partial charge in [-0.2, -0.15) is 0 Å². The SMILES string of the molecule is O=C(Nc1cccc(-c2ccc(N3CCCC3)nn2)c1)C1CC(=O)N(c2ccccc2)C1. The first-order valence-corrected chi connectivity index (χ1v) is 11.0. The molecule has 2 aromatic carbocycles. The van der Waals surface area contributed by atoms with Crippen LogP contribution < -0.4 is 15.1 Å². The maximum atomic E-state index is 12.9. The van der Waals surface area contributed by atoms with Crippen LogP contribution in [-0.2, 0) is 9.59 Å². The Morgan fingerprint density at radius 3 is 2.50 bits per heavy atom. The Morgan fingerprint density at radius 2 is 1.75 bits per heavy atom. The number of carbonyl (C=O) groups excluding carboxylic acids is 2. The van der Waals surface area contributed by atoms with E-state index in [9.17, 15) is 9.59 Å². The zero-order valence-electron chi connectivity index (χ0n) is 17.8. The molecule has 32 heavy (non-hydrogen) atoms. The predicted octanol–water partition coefficient (Wildman–Crippen LogP) is 3.74. The fourth-order valence-corrected chi connectivity index (χ4v) is 4.34. The summed E-state index contributed by atoms with van der Waals surface area (Å²) < 4.78 is 0. The fourth-order valence-electron chi connectivity index (χ4n) is 4.34. The van der Waals surface area contributed by atoms with Crippen molar-refractivity contribution in [2.45, 2.75) is 19.3 Å².